The van der Waals surface area contributed by atoms with Gasteiger partial charge < -0.3 is 24.0 Å². The Morgan fingerprint density at radius 1 is 0.375 bits per heavy atom. The molecule has 0 bridgehead atoms. The van der Waals surface area contributed by atoms with Gasteiger partial charge in [0.15, 0.2) is 37.2 Å². The van der Waals surface area contributed by atoms with E-state index in [0.29, 0.717) is 0 Å². The molecule has 0 saturated heterocycles. The van der Waals surface area contributed by atoms with E-state index in [1.54, 1.807) is 0 Å². The molecule has 4 aromatic rings. The normalized spacial score (nSPS) is 15.6. The third-order valence-electron chi connectivity index (χ3n) is 14.1. The first-order valence-electron chi connectivity index (χ1n) is 26.1. The Labute approximate surface area is 431 Å². The average molecular weight is 1070 g/mol. The molecule has 4 heterocycles. The summed E-state index contributed by atoms with van der Waals surface area (Å²) in [6, 6.07) is 17.4. The predicted octanol–water partition coefficient (Wildman–Crippen LogP) is 12.2. The van der Waals surface area contributed by atoms with Crippen LogP contribution >= 0.6 is 0 Å². The Balaban J connectivity index is 0.000000346. The second-order valence-corrected chi connectivity index (χ2v) is 19.3. The molecule has 0 radical (unpaired) electrons. The van der Waals surface area contributed by atoms with Crippen LogP contribution in [-0.2, 0) is 54.3 Å². The van der Waals surface area contributed by atoms with E-state index in [9.17, 15) is 0 Å². The number of unbranched alkanes of at least 4 members (excludes halogenated alkanes) is 10. The summed E-state index contributed by atoms with van der Waals surface area (Å²) in [5.74, 6) is 2.15. The zero-order chi connectivity index (χ0) is 42.3. The first kappa shape index (κ1) is 58.5. The maximum Gasteiger partial charge on any atom is 0.169 e. The first-order valence-corrected chi connectivity index (χ1v) is 26.1. The SMILES string of the molecule is C1CCCC1.C1CCCC1.C[n+]1ccc(-c2cc[n+](CCCCCCCCC3CCCC3)cc2)cc1.[Fe].[Fe].[I-].c1cc(-c2cc[n+](CCCCCCCCC3CCCC3)cc2)ccn1. The van der Waals surface area contributed by atoms with E-state index in [1.165, 1.54) is 228 Å². The molecule has 4 aliphatic rings. The Morgan fingerprint density at radius 2 is 0.656 bits per heavy atom. The molecule has 4 aliphatic carbocycles. The largest absolute Gasteiger partial charge is 1.00 e. The molecule has 4 nitrogen and oxygen atoms in total. The molecular weight excluding hydrogens is 979 g/mol. The van der Waals surface area contributed by atoms with E-state index in [1.807, 2.05) is 12.4 Å². The van der Waals surface area contributed by atoms with E-state index in [2.05, 4.69) is 111 Å². The summed E-state index contributed by atoms with van der Waals surface area (Å²) in [6.07, 6.45) is 63.6. The molecule has 4 saturated carbocycles. The standard InChI is InChI=1S/C24H36N2.C23H33N2.2C5H10.2Fe.HI/c1-25-18-13-23(14-19-25)24-15-20-26(21-16-24)17-9-5-3-2-4-6-10-22-11-7-8-12-22;1(3-5-9-21-10-6-7-11-21)2-4-8-18-25-19-14-23(15-20-25)22-12-16-24-17-13-22;2*1-2-4-5-3-1;;;/h13-16,18-22H,2-12,17H2,1H3;12-17,19-21H,1-11,18H2;2*1-5H2;;;1H/q+2;+1;;;;;/p-1. The Bertz CT molecular complexity index is 1590. The summed E-state index contributed by atoms with van der Waals surface area (Å²) in [5.41, 5.74) is 5.08. The van der Waals surface area contributed by atoms with Crippen LogP contribution in [0.25, 0.3) is 22.3 Å². The van der Waals surface area contributed by atoms with Crippen molar-refractivity contribution in [2.24, 2.45) is 18.9 Å². The Kier molecular flexibility index (Phi) is 35.0. The van der Waals surface area contributed by atoms with Crippen LogP contribution in [0.2, 0.25) is 0 Å². The van der Waals surface area contributed by atoms with Gasteiger partial charge in [0, 0.05) is 95.8 Å². The molecule has 4 fully saturated rings. The van der Waals surface area contributed by atoms with Gasteiger partial charge in [0.05, 0.1) is 0 Å². The molecule has 0 aromatic carbocycles. The molecule has 0 N–H and O–H groups in total. The van der Waals surface area contributed by atoms with Crippen LogP contribution in [-0.4, -0.2) is 4.98 Å². The summed E-state index contributed by atoms with van der Waals surface area (Å²) in [5, 5.41) is 0. The molecular formula is C57H89Fe2IN4+2. The van der Waals surface area contributed by atoms with Crippen molar-refractivity contribution in [3.63, 3.8) is 0 Å². The van der Waals surface area contributed by atoms with Gasteiger partial charge in [-0.2, -0.15) is 0 Å². The molecule has 0 unspecified atom stereocenters. The van der Waals surface area contributed by atoms with Gasteiger partial charge in [0.1, 0.15) is 20.1 Å². The zero-order valence-electron chi connectivity index (χ0n) is 40.3. The third kappa shape index (κ3) is 26.1. The van der Waals surface area contributed by atoms with Crippen molar-refractivity contribution in [1.29, 1.82) is 0 Å². The summed E-state index contributed by atoms with van der Waals surface area (Å²) in [4.78, 5) is 4.08. The molecule has 8 rings (SSSR count). The number of nitrogens with zero attached hydrogens (tertiary/aromatic N) is 4. The monoisotopic (exact) mass is 1070 g/mol. The summed E-state index contributed by atoms with van der Waals surface area (Å²) in [6.45, 7) is 2.28. The van der Waals surface area contributed by atoms with Gasteiger partial charge in [-0.05, 0) is 59.1 Å². The average Bonchev–Trinajstić information content (AvgIpc) is 4.18. The molecule has 358 valence electrons. The van der Waals surface area contributed by atoms with Crippen molar-refractivity contribution in [3.8, 4) is 22.3 Å². The molecule has 0 spiro atoms. The van der Waals surface area contributed by atoms with Crippen LogP contribution in [0.3, 0.4) is 0 Å². The van der Waals surface area contributed by atoms with Gasteiger partial charge in [-0.25, -0.2) is 13.7 Å². The molecule has 4 aromatic heterocycles. The van der Waals surface area contributed by atoms with E-state index in [0.717, 1.165) is 24.9 Å². The minimum atomic E-state index is 0. The van der Waals surface area contributed by atoms with Crippen molar-refractivity contribution in [2.75, 3.05) is 0 Å². The van der Waals surface area contributed by atoms with Crippen LogP contribution < -0.4 is 37.7 Å². The molecule has 7 heteroatoms. The number of pyridine rings is 4. The van der Waals surface area contributed by atoms with Gasteiger partial charge in [-0.3, -0.25) is 4.98 Å². The second kappa shape index (κ2) is 38.3. The fraction of sp³-hybridized carbons (Fsp3) is 0.649. The molecule has 0 aliphatic heterocycles. The maximum absolute atomic E-state index is 4.08. The van der Waals surface area contributed by atoms with Crippen LogP contribution in [0, 0.1) is 11.8 Å². The zero-order valence-corrected chi connectivity index (χ0v) is 44.7. The van der Waals surface area contributed by atoms with Crippen molar-refractivity contribution >= 4 is 0 Å². The number of aryl methyl sites for hydroxylation is 3. The van der Waals surface area contributed by atoms with E-state index in [4.69, 9.17) is 0 Å². The van der Waals surface area contributed by atoms with Crippen LogP contribution in [0.4, 0.5) is 0 Å². The Morgan fingerprint density at radius 3 is 1.00 bits per heavy atom. The topological polar surface area (TPSA) is 24.5 Å². The quantitative estimate of drug-likeness (QED) is 0.0375. The van der Waals surface area contributed by atoms with Gasteiger partial charge >= 0.3 is 0 Å². The van der Waals surface area contributed by atoms with Crippen LogP contribution in [0.1, 0.15) is 205 Å². The van der Waals surface area contributed by atoms with Crippen LogP contribution in [0.15, 0.2) is 98.1 Å². The smallest absolute Gasteiger partial charge is 0.169 e. The minimum absolute atomic E-state index is 0. The molecule has 0 amide bonds. The third-order valence-corrected chi connectivity index (χ3v) is 14.1. The molecule has 0 atom stereocenters. The van der Waals surface area contributed by atoms with Gasteiger partial charge in [-0.1, -0.05) is 180 Å². The van der Waals surface area contributed by atoms with Crippen molar-refractivity contribution in [1.82, 2.24) is 4.98 Å². The number of halogens is 1. The fourth-order valence-electron chi connectivity index (χ4n) is 10.1. The predicted molar refractivity (Wildman–Crippen MR) is 258 cm³/mol. The van der Waals surface area contributed by atoms with Gasteiger partial charge in [-0.15, -0.1) is 0 Å². The fourth-order valence-corrected chi connectivity index (χ4v) is 10.1. The summed E-state index contributed by atoms with van der Waals surface area (Å²) >= 11 is 0. The molecule has 64 heavy (non-hydrogen) atoms. The number of hydrogen-bond acceptors (Lipinski definition) is 1. The maximum atomic E-state index is 4.08. The van der Waals surface area contributed by atoms with Crippen molar-refractivity contribution < 1.29 is 71.8 Å². The number of hydrogen-bond donors (Lipinski definition) is 0. The second-order valence-electron chi connectivity index (χ2n) is 19.3. The van der Waals surface area contributed by atoms with Gasteiger partial charge in [0.2, 0.25) is 0 Å². The number of rotatable bonds is 20. The number of aromatic nitrogens is 4. The van der Waals surface area contributed by atoms with E-state index < -0.39 is 0 Å². The summed E-state index contributed by atoms with van der Waals surface area (Å²) < 4.78 is 6.71. The van der Waals surface area contributed by atoms with Crippen molar-refractivity contribution in [2.45, 2.75) is 219 Å². The van der Waals surface area contributed by atoms with E-state index >= 15 is 0 Å². The Hall–Kier alpha value is -1.63. The van der Waals surface area contributed by atoms with E-state index in [-0.39, 0.29) is 58.1 Å². The van der Waals surface area contributed by atoms with Crippen molar-refractivity contribution in [3.05, 3.63) is 98.1 Å². The first-order chi connectivity index (χ1) is 30.2. The van der Waals surface area contributed by atoms with Crippen LogP contribution in [0.5, 0.6) is 0 Å². The summed E-state index contributed by atoms with van der Waals surface area (Å²) in [7, 11) is 2.05. The minimum Gasteiger partial charge on any atom is -1.00 e. The van der Waals surface area contributed by atoms with Gasteiger partial charge in [0.25, 0.3) is 0 Å².